The van der Waals surface area contributed by atoms with Crippen molar-refractivity contribution >= 4 is 0 Å². The SMILES string of the molecule is CCC(C)c1ccccc1Oc1cc([C@H](C)N)ccn1. The first-order chi connectivity index (χ1) is 9.61. The molecule has 0 radical (unpaired) electrons. The maximum absolute atomic E-state index is 5.96. The van der Waals surface area contributed by atoms with Gasteiger partial charge in [0.1, 0.15) is 5.75 Å². The van der Waals surface area contributed by atoms with E-state index >= 15 is 0 Å². The fourth-order valence-electron chi connectivity index (χ4n) is 2.08. The number of para-hydroxylation sites is 1. The van der Waals surface area contributed by atoms with Crippen LogP contribution in [0, 0.1) is 0 Å². The van der Waals surface area contributed by atoms with E-state index in [0.717, 1.165) is 17.7 Å². The third kappa shape index (κ3) is 3.36. The molecular formula is C17H22N2O. The van der Waals surface area contributed by atoms with Gasteiger partial charge in [-0.3, -0.25) is 0 Å². The van der Waals surface area contributed by atoms with Gasteiger partial charge < -0.3 is 10.5 Å². The van der Waals surface area contributed by atoms with E-state index in [9.17, 15) is 0 Å². The summed E-state index contributed by atoms with van der Waals surface area (Å²) in [6.07, 6.45) is 2.81. The lowest BCUT2D eigenvalue weighted by Crippen LogP contribution is -2.05. The summed E-state index contributed by atoms with van der Waals surface area (Å²) in [5.74, 6) is 1.93. The number of nitrogens with two attached hydrogens (primary N) is 1. The third-order valence-electron chi connectivity index (χ3n) is 3.56. The number of hydrogen-bond donors (Lipinski definition) is 1. The molecule has 2 rings (SSSR count). The lowest BCUT2D eigenvalue weighted by atomic mass is 9.98. The van der Waals surface area contributed by atoms with Gasteiger partial charge in [-0.2, -0.15) is 0 Å². The molecular weight excluding hydrogens is 248 g/mol. The third-order valence-corrected chi connectivity index (χ3v) is 3.56. The minimum absolute atomic E-state index is 0.0230. The Morgan fingerprint density at radius 2 is 1.95 bits per heavy atom. The number of rotatable bonds is 5. The molecule has 3 nitrogen and oxygen atoms in total. The van der Waals surface area contributed by atoms with Crippen LogP contribution in [0.25, 0.3) is 0 Å². The molecule has 2 N–H and O–H groups in total. The number of nitrogens with zero attached hydrogens (tertiary/aromatic N) is 1. The van der Waals surface area contributed by atoms with Crippen LogP contribution < -0.4 is 10.5 Å². The van der Waals surface area contributed by atoms with Crippen molar-refractivity contribution in [3.8, 4) is 11.6 Å². The van der Waals surface area contributed by atoms with Crippen LogP contribution in [0.1, 0.15) is 50.3 Å². The summed E-state index contributed by atoms with van der Waals surface area (Å²) in [7, 11) is 0. The number of pyridine rings is 1. The van der Waals surface area contributed by atoms with Crippen molar-refractivity contribution in [3.05, 3.63) is 53.7 Å². The molecule has 106 valence electrons. The standard InChI is InChI=1S/C17H22N2O/c1-4-12(2)15-7-5-6-8-16(15)20-17-11-14(13(3)18)9-10-19-17/h5-13H,4,18H2,1-3H3/t12?,13-/m0/s1. The van der Waals surface area contributed by atoms with Gasteiger partial charge in [0.25, 0.3) is 0 Å². The van der Waals surface area contributed by atoms with E-state index in [1.165, 1.54) is 5.56 Å². The fraction of sp³-hybridized carbons (Fsp3) is 0.353. The highest BCUT2D eigenvalue weighted by molar-refractivity contribution is 5.38. The van der Waals surface area contributed by atoms with E-state index < -0.39 is 0 Å². The first kappa shape index (κ1) is 14.5. The van der Waals surface area contributed by atoms with Crippen molar-refractivity contribution in [3.63, 3.8) is 0 Å². The van der Waals surface area contributed by atoms with Crippen LogP contribution in [-0.4, -0.2) is 4.98 Å². The summed E-state index contributed by atoms with van der Waals surface area (Å²) in [6, 6.07) is 11.9. The predicted molar refractivity (Wildman–Crippen MR) is 82.1 cm³/mol. The Hall–Kier alpha value is -1.87. The molecule has 0 amide bonds. The van der Waals surface area contributed by atoms with Crippen molar-refractivity contribution in [1.82, 2.24) is 4.98 Å². The Labute approximate surface area is 120 Å². The van der Waals surface area contributed by atoms with Gasteiger partial charge in [0.2, 0.25) is 5.88 Å². The highest BCUT2D eigenvalue weighted by atomic mass is 16.5. The average Bonchev–Trinajstić information content (AvgIpc) is 2.47. The molecule has 3 heteroatoms. The van der Waals surface area contributed by atoms with Crippen LogP contribution in [0.4, 0.5) is 0 Å². The summed E-state index contributed by atoms with van der Waals surface area (Å²) >= 11 is 0. The minimum Gasteiger partial charge on any atom is -0.439 e. The van der Waals surface area contributed by atoms with E-state index in [2.05, 4.69) is 24.9 Å². The molecule has 1 aromatic carbocycles. The Morgan fingerprint density at radius 1 is 1.20 bits per heavy atom. The van der Waals surface area contributed by atoms with Crippen LogP contribution in [0.3, 0.4) is 0 Å². The molecule has 2 aromatic rings. The maximum Gasteiger partial charge on any atom is 0.219 e. The van der Waals surface area contributed by atoms with Gasteiger partial charge >= 0.3 is 0 Å². The zero-order valence-corrected chi connectivity index (χ0v) is 12.3. The zero-order chi connectivity index (χ0) is 14.5. The van der Waals surface area contributed by atoms with Crippen LogP contribution in [0.15, 0.2) is 42.6 Å². The van der Waals surface area contributed by atoms with Gasteiger partial charge in [-0.05, 0) is 42.5 Å². The lowest BCUT2D eigenvalue weighted by molar-refractivity contribution is 0.451. The molecule has 1 heterocycles. The summed E-state index contributed by atoms with van der Waals surface area (Å²) in [6.45, 7) is 6.33. The molecule has 0 saturated heterocycles. The predicted octanol–water partition coefficient (Wildman–Crippen LogP) is 4.41. The molecule has 0 spiro atoms. The molecule has 0 fully saturated rings. The lowest BCUT2D eigenvalue weighted by Gasteiger charge is -2.15. The zero-order valence-electron chi connectivity index (χ0n) is 12.3. The quantitative estimate of drug-likeness (QED) is 0.875. The van der Waals surface area contributed by atoms with E-state index in [4.69, 9.17) is 10.5 Å². The summed E-state index contributed by atoms with van der Waals surface area (Å²) in [4.78, 5) is 4.27. The molecule has 1 aromatic heterocycles. The molecule has 0 aliphatic carbocycles. The van der Waals surface area contributed by atoms with E-state index in [1.807, 2.05) is 37.3 Å². The van der Waals surface area contributed by atoms with E-state index in [0.29, 0.717) is 11.8 Å². The van der Waals surface area contributed by atoms with E-state index in [-0.39, 0.29) is 6.04 Å². The van der Waals surface area contributed by atoms with Crippen molar-refractivity contribution in [2.45, 2.75) is 39.2 Å². The van der Waals surface area contributed by atoms with Crippen molar-refractivity contribution in [2.75, 3.05) is 0 Å². The monoisotopic (exact) mass is 270 g/mol. The van der Waals surface area contributed by atoms with Gasteiger partial charge in [-0.25, -0.2) is 4.98 Å². The van der Waals surface area contributed by atoms with Crippen LogP contribution in [0.5, 0.6) is 11.6 Å². The number of benzene rings is 1. The first-order valence-electron chi connectivity index (χ1n) is 7.10. The van der Waals surface area contributed by atoms with Crippen LogP contribution in [-0.2, 0) is 0 Å². The van der Waals surface area contributed by atoms with Crippen molar-refractivity contribution in [2.24, 2.45) is 5.73 Å². The van der Waals surface area contributed by atoms with Crippen LogP contribution >= 0.6 is 0 Å². The normalized spacial score (nSPS) is 13.8. The first-order valence-corrected chi connectivity index (χ1v) is 7.10. The van der Waals surface area contributed by atoms with Gasteiger partial charge in [0.05, 0.1) is 0 Å². The highest BCUT2D eigenvalue weighted by Gasteiger charge is 2.11. The molecule has 20 heavy (non-hydrogen) atoms. The van der Waals surface area contributed by atoms with E-state index in [1.54, 1.807) is 6.20 Å². The second-order valence-corrected chi connectivity index (χ2v) is 5.17. The van der Waals surface area contributed by atoms with Crippen LogP contribution in [0.2, 0.25) is 0 Å². The Balaban J connectivity index is 2.28. The average molecular weight is 270 g/mol. The second kappa shape index (κ2) is 6.53. The molecule has 0 aliphatic heterocycles. The maximum atomic E-state index is 5.96. The molecule has 0 saturated carbocycles. The Bertz CT molecular complexity index is 566. The highest BCUT2D eigenvalue weighted by Crippen LogP contribution is 2.31. The largest absolute Gasteiger partial charge is 0.439 e. The topological polar surface area (TPSA) is 48.1 Å². The van der Waals surface area contributed by atoms with Crippen molar-refractivity contribution < 1.29 is 4.74 Å². The van der Waals surface area contributed by atoms with Gasteiger partial charge in [0.15, 0.2) is 0 Å². The molecule has 2 atom stereocenters. The summed E-state index contributed by atoms with van der Waals surface area (Å²) in [5.41, 5.74) is 8.13. The number of ether oxygens (including phenoxy) is 1. The smallest absolute Gasteiger partial charge is 0.219 e. The summed E-state index contributed by atoms with van der Waals surface area (Å²) in [5, 5.41) is 0. The molecule has 0 bridgehead atoms. The fourth-order valence-corrected chi connectivity index (χ4v) is 2.08. The van der Waals surface area contributed by atoms with Gasteiger partial charge in [0, 0.05) is 18.3 Å². The molecule has 0 aliphatic rings. The second-order valence-electron chi connectivity index (χ2n) is 5.17. The number of aromatic nitrogens is 1. The van der Waals surface area contributed by atoms with Gasteiger partial charge in [-0.1, -0.05) is 32.0 Å². The number of hydrogen-bond acceptors (Lipinski definition) is 3. The Kier molecular flexibility index (Phi) is 4.74. The Morgan fingerprint density at radius 3 is 2.65 bits per heavy atom. The van der Waals surface area contributed by atoms with Crippen molar-refractivity contribution in [1.29, 1.82) is 0 Å². The minimum atomic E-state index is -0.0230. The van der Waals surface area contributed by atoms with Gasteiger partial charge in [-0.15, -0.1) is 0 Å². The summed E-state index contributed by atoms with van der Waals surface area (Å²) < 4.78 is 5.96. The molecule has 1 unspecified atom stereocenters.